The molecule has 2 aromatic rings. The molecule has 0 radical (unpaired) electrons. The first-order valence-corrected chi connectivity index (χ1v) is 14.8. The van der Waals surface area contributed by atoms with Crippen molar-refractivity contribution in [1.29, 1.82) is 0 Å². The number of amides is 1. The number of alkyl halides is 3. The van der Waals surface area contributed by atoms with Crippen LogP contribution in [0.2, 0.25) is 0 Å². The van der Waals surface area contributed by atoms with Crippen LogP contribution in [0.15, 0.2) is 36.5 Å². The normalized spacial score (nSPS) is 25.2. The number of likely N-dealkylation sites (tertiary alicyclic amines) is 1. The summed E-state index contributed by atoms with van der Waals surface area (Å²) in [5.41, 5.74) is 0.200. The molecule has 2 N–H and O–H groups in total. The van der Waals surface area contributed by atoms with Gasteiger partial charge in [0.2, 0.25) is 11.8 Å². The number of carbonyl (C=O) groups is 2. The zero-order valence-corrected chi connectivity index (χ0v) is 24.6. The lowest BCUT2D eigenvalue weighted by atomic mass is 9.72. The van der Waals surface area contributed by atoms with Gasteiger partial charge < -0.3 is 20.1 Å². The molecule has 4 atom stereocenters. The molecule has 2 aliphatic carbocycles. The Labute approximate surface area is 244 Å². The zero-order valence-electron chi connectivity index (χ0n) is 24.6. The number of rotatable bonds is 8. The number of halogens is 3. The maximum atomic E-state index is 14.4. The SMILES string of the molecule is COc1ncc(C2CCC2)cc1CN[C@H]1[C@H](C(C)(C)C)[C@@H](C(=O)O)N(C(=O)C2CCC2)[C@H]1c1ccccc1C(F)(F)F. The Kier molecular flexibility index (Phi) is 8.31. The summed E-state index contributed by atoms with van der Waals surface area (Å²) >= 11 is 0. The van der Waals surface area contributed by atoms with E-state index in [1.807, 2.05) is 33.0 Å². The van der Waals surface area contributed by atoms with E-state index in [1.165, 1.54) is 30.2 Å². The molecule has 42 heavy (non-hydrogen) atoms. The maximum Gasteiger partial charge on any atom is 0.416 e. The summed E-state index contributed by atoms with van der Waals surface area (Å²) in [5.74, 6) is -1.88. The Balaban J connectivity index is 1.63. The van der Waals surface area contributed by atoms with Crippen molar-refractivity contribution in [3.05, 3.63) is 58.8 Å². The minimum Gasteiger partial charge on any atom is -0.481 e. The Hall–Kier alpha value is -3.14. The first kappa shape index (κ1) is 30.3. The highest BCUT2D eigenvalue weighted by Gasteiger charge is 2.59. The minimum absolute atomic E-state index is 0.0958. The third-order valence-corrected chi connectivity index (χ3v) is 9.46. The highest BCUT2D eigenvalue weighted by atomic mass is 19.4. The average molecular weight is 588 g/mol. The molecule has 7 nitrogen and oxygen atoms in total. The van der Waals surface area contributed by atoms with Crippen molar-refractivity contribution in [3.63, 3.8) is 0 Å². The lowest BCUT2D eigenvalue weighted by Crippen LogP contribution is -2.50. The van der Waals surface area contributed by atoms with Crippen LogP contribution in [0.1, 0.15) is 93.5 Å². The summed E-state index contributed by atoms with van der Waals surface area (Å²) in [6.45, 7) is 5.83. The van der Waals surface area contributed by atoms with Crippen LogP contribution in [-0.2, 0) is 22.3 Å². The predicted molar refractivity (Wildman–Crippen MR) is 151 cm³/mol. The van der Waals surface area contributed by atoms with Gasteiger partial charge in [0.1, 0.15) is 6.04 Å². The van der Waals surface area contributed by atoms with Crippen LogP contribution in [0.3, 0.4) is 0 Å². The van der Waals surface area contributed by atoms with Crippen molar-refractivity contribution >= 4 is 11.9 Å². The number of carboxylic acid groups (broad SMARTS) is 1. The van der Waals surface area contributed by atoms with Gasteiger partial charge in [0.05, 0.1) is 18.7 Å². The quantitative estimate of drug-likeness (QED) is 0.375. The van der Waals surface area contributed by atoms with E-state index in [1.54, 1.807) is 0 Å². The number of carbonyl (C=O) groups excluding carboxylic acids is 1. The topological polar surface area (TPSA) is 91.8 Å². The number of hydrogen-bond acceptors (Lipinski definition) is 5. The fraction of sp³-hybridized carbons (Fsp3) is 0.594. The molecule has 1 saturated heterocycles. The Bertz CT molecular complexity index is 1320. The summed E-state index contributed by atoms with van der Waals surface area (Å²) in [7, 11) is 1.52. The molecule has 1 aromatic carbocycles. The van der Waals surface area contributed by atoms with Crippen LogP contribution in [0, 0.1) is 17.3 Å². The van der Waals surface area contributed by atoms with Gasteiger partial charge in [0, 0.05) is 36.2 Å². The van der Waals surface area contributed by atoms with E-state index >= 15 is 0 Å². The van der Waals surface area contributed by atoms with Crippen molar-refractivity contribution in [1.82, 2.24) is 15.2 Å². The summed E-state index contributed by atoms with van der Waals surface area (Å²) in [4.78, 5) is 32.7. The third-order valence-electron chi connectivity index (χ3n) is 9.46. The van der Waals surface area contributed by atoms with E-state index in [0.29, 0.717) is 24.6 Å². The number of methoxy groups -OCH3 is 1. The smallest absolute Gasteiger partial charge is 0.416 e. The highest BCUT2D eigenvalue weighted by molar-refractivity contribution is 5.87. The van der Waals surface area contributed by atoms with Gasteiger partial charge in [0.25, 0.3) is 0 Å². The van der Waals surface area contributed by atoms with E-state index in [0.717, 1.165) is 42.9 Å². The number of ether oxygens (including phenoxy) is 1. The molecule has 0 bridgehead atoms. The van der Waals surface area contributed by atoms with Gasteiger partial charge in [-0.05, 0) is 60.3 Å². The molecule has 1 aliphatic heterocycles. The maximum absolute atomic E-state index is 14.4. The first-order valence-electron chi connectivity index (χ1n) is 14.8. The molecule has 0 unspecified atom stereocenters. The van der Waals surface area contributed by atoms with Crippen molar-refractivity contribution in [2.75, 3.05) is 7.11 Å². The van der Waals surface area contributed by atoms with Crippen LogP contribution in [0.25, 0.3) is 0 Å². The summed E-state index contributed by atoms with van der Waals surface area (Å²) in [6, 6.07) is 4.01. The second kappa shape index (κ2) is 11.5. The second-order valence-corrected chi connectivity index (χ2v) is 13.0. The number of carboxylic acids is 1. The van der Waals surface area contributed by atoms with Gasteiger partial charge in [0.15, 0.2) is 0 Å². The minimum atomic E-state index is -4.69. The second-order valence-electron chi connectivity index (χ2n) is 13.0. The summed E-state index contributed by atoms with van der Waals surface area (Å²) in [6.07, 6.45) is 2.46. The molecular formula is C32H40F3N3O4. The lowest BCUT2D eigenvalue weighted by molar-refractivity contribution is -0.155. The van der Waals surface area contributed by atoms with E-state index in [4.69, 9.17) is 4.74 Å². The molecule has 3 aliphatic rings. The highest BCUT2D eigenvalue weighted by Crippen LogP contribution is 2.51. The Morgan fingerprint density at radius 1 is 1.10 bits per heavy atom. The molecule has 2 heterocycles. The third kappa shape index (κ3) is 5.62. The van der Waals surface area contributed by atoms with Crippen LogP contribution >= 0.6 is 0 Å². The number of pyridine rings is 1. The van der Waals surface area contributed by atoms with E-state index in [2.05, 4.69) is 10.3 Å². The monoisotopic (exact) mass is 587 g/mol. The zero-order chi connectivity index (χ0) is 30.4. The summed E-state index contributed by atoms with van der Waals surface area (Å²) in [5, 5.41) is 14.0. The van der Waals surface area contributed by atoms with Gasteiger partial charge in [-0.2, -0.15) is 13.2 Å². The Morgan fingerprint density at radius 3 is 2.29 bits per heavy atom. The molecule has 10 heteroatoms. The van der Waals surface area contributed by atoms with Crippen molar-refractivity contribution in [2.24, 2.45) is 17.3 Å². The molecular weight excluding hydrogens is 547 g/mol. The van der Waals surface area contributed by atoms with Crippen LogP contribution in [0.4, 0.5) is 13.2 Å². The molecule has 1 aromatic heterocycles. The number of nitrogens with zero attached hydrogens (tertiary/aromatic N) is 2. The number of nitrogens with one attached hydrogen (secondary N) is 1. The fourth-order valence-corrected chi connectivity index (χ4v) is 6.95. The largest absolute Gasteiger partial charge is 0.481 e. The molecule has 2 saturated carbocycles. The molecule has 5 rings (SSSR count). The van der Waals surface area contributed by atoms with E-state index in [9.17, 15) is 27.9 Å². The molecule has 1 amide bonds. The van der Waals surface area contributed by atoms with Crippen LogP contribution in [-0.4, -0.2) is 46.1 Å². The number of benzene rings is 1. The molecule has 3 fully saturated rings. The average Bonchev–Trinajstić information content (AvgIpc) is 3.21. The lowest BCUT2D eigenvalue weighted by Gasteiger charge is -2.37. The van der Waals surface area contributed by atoms with Crippen molar-refractivity contribution < 1.29 is 32.6 Å². The van der Waals surface area contributed by atoms with Gasteiger partial charge in [-0.15, -0.1) is 0 Å². The predicted octanol–water partition coefficient (Wildman–Crippen LogP) is 6.33. The number of hydrogen-bond donors (Lipinski definition) is 2. The van der Waals surface area contributed by atoms with Gasteiger partial charge in [-0.3, -0.25) is 4.79 Å². The van der Waals surface area contributed by atoms with Gasteiger partial charge in [-0.1, -0.05) is 51.8 Å². The number of aliphatic carboxylic acids is 1. The van der Waals surface area contributed by atoms with Gasteiger partial charge >= 0.3 is 12.1 Å². The molecule has 0 spiro atoms. The Morgan fingerprint density at radius 2 is 1.76 bits per heavy atom. The van der Waals surface area contributed by atoms with Gasteiger partial charge in [-0.25, -0.2) is 9.78 Å². The standard InChI is InChI=1S/C32H40F3N3O4/c1-31(2,3)24-25(36-17-21-15-20(18-9-7-10-18)16-37-28(21)42-4)26(22-13-5-6-14-23(22)32(33,34)35)38(27(24)30(40)41)29(39)19-11-8-12-19/h5-6,13-16,18-19,24-27,36H,7-12,17H2,1-4H3,(H,40,41)/t24-,25-,26-,27-/m0/s1. The van der Waals surface area contributed by atoms with Crippen LogP contribution in [0.5, 0.6) is 5.88 Å². The number of aromatic nitrogens is 1. The molecule has 228 valence electrons. The fourth-order valence-electron chi connectivity index (χ4n) is 6.95. The van der Waals surface area contributed by atoms with E-state index < -0.39 is 53.1 Å². The van der Waals surface area contributed by atoms with Crippen molar-refractivity contribution in [3.8, 4) is 5.88 Å². The summed E-state index contributed by atoms with van der Waals surface area (Å²) < 4.78 is 48.8. The van der Waals surface area contributed by atoms with Crippen LogP contribution < -0.4 is 10.1 Å². The first-order chi connectivity index (χ1) is 19.8. The van der Waals surface area contributed by atoms with Crippen molar-refractivity contribution in [2.45, 2.75) is 96.1 Å². The van der Waals surface area contributed by atoms with E-state index in [-0.39, 0.29) is 18.0 Å².